The molecule has 1 heterocycles. The van der Waals surface area contributed by atoms with Crippen molar-refractivity contribution in [2.75, 3.05) is 6.61 Å². The molecule has 0 aliphatic heterocycles. The Morgan fingerprint density at radius 2 is 2.27 bits per heavy atom. The van der Waals surface area contributed by atoms with Gasteiger partial charge in [0.2, 0.25) is 0 Å². The fourth-order valence-corrected chi connectivity index (χ4v) is 1.42. The van der Waals surface area contributed by atoms with Gasteiger partial charge >= 0.3 is 5.97 Å². The maximum Gasteiger partial charge on any atom is 0.315 e. The van der Waals surface area contributed by atoms with Crippen LogP contribution in [0, 0.1) is 0 Å². The normalized spacial score (nSPS) is 12.2. The van der Waals surface area contributed by atoms with E-state index < -0.39 is 0 Å². The average molecular weight is 229 g/mol. The fourth-order valence-electron chi connectivity index (χ4n) is 1.26. The standard InChI is InChI=1S/C10H13ClN2O2/c1-3-7(10(14)15-4-2)8-5-12-6-9(11)13-8/h5-7H,3-4H2,1-2H3. The van der Waals surface area contributed by atoms with Crippen molar-refractivity contribution in [3.05, 3.63) is 23.2 Å². The Kier molecular flexibility index (Phi) is 4.49. The molecule has 0 aliphatic carbocycles. The van der Waals surface area contributed by atoms with E-state index in [1.165, 1.54) is 12.4 Å². The van der Waals surface area contributed by atoms with Crippen LogP contribution in [0.15, 0.2) is 12.4 Å². The maximum atomic E-state index is 11.6. The smallest absolute Gasteiger partial charge is 0.315 e. The highest BCUT2D eigenvalue weighted by Gasteiger charge is 2.21. The van der Waals surface area contributed by atoms with Crippen LogP contribution >= 0.6 is 11.6 Å². The van der Waals surface area contributed by atoms with E-state index in [1.54, 1.807) is 6.92 Å². The van der Waals surface area contributed by atoms with Crippen LogP contribution in [-0.4, -0.2) is 22.5 Å². The van der Waals surface area contributed by atoms with Gasteiger partial charge in [-0.2, -0.15) is 0 Å². The van der Waals surface area contributed by atoms with Gasteiger partial charge in [-0.15, -0.1) is 0 Å². The number of halogens is 1. The summed E-state index contributed by atoms with van der Waals surface area (Å²) in [5.74, 6) is -0.660. The molecule has 4 nitrogen and oxygen atoms in total. The Morgan fingerprint density at radius 3 is 2.80 bits per heavy atom. The minimum absolute atomic E-state index is 0.281. The fraction of sp³-hybridized carbons (Fsp3) is 0.500. The second-order valence-electron chi connectivity index (χ2n) is 2.98. The molecule has 1 atom stereocenters. The number of ether oxygens (including phenoxy) is 1. The molecule has 0 fully saturated rings. The van der Waals surface area contributed by atoms with Crippen molar-refractivity contribution in [1.29, 1.82) is 0 Å². The first kappa shape index (κ1) is 11.9. The molecule has 0 radical (unpaired) electrons. The Hall–Kier alpha value is -1.16. The number of nitrogens with zero attached hydrogens (tertiary/aromatic N) is 2. The first-order chi connectivity index (χ1) is 7.19. The molecule has 5 heteroatoms. The van der Waals surface area contributed by atoms with Gasteiger partial charge in [0.1, 0.15) is 11.1 Å². The van der Waals surface area contributed by atoms with E-state index in [1.807, 2.05) is 6.92 Å². The molecule has 82 valence electrons. The lowest BCUT2D eigenvalue weighted by molar-refractivity contribution is -0.145. The first-order valence-corrected chi connectivity index (χ1v) is 5.20. The van der Waals surface area contributed by atoms with E-state index in [9.17, 15) is 4.79 Å². The summed E-state index contributed by atoms with van der Waals surface area (Å²) in [5.41, 5.74) is 0.559. The van der Waals surface area contributed by atoms with Gasteiger partial charge in [-0.1, -0.05) is 18.5 Å². The Balaban J connectivity index is 2.87. The summed E-state index contributed by atoms with van der Waals surface area (Å²) in [6.07, 6.45) is 3.59. The minimum Gasteiger partial charge on any atom is -0.465 e. The molecule has 0 N–H and O–H groups in total. The summed E-state index contributed by atoms with van der Waals surface area (Å²) in [6, 6.07) is 0. The van der Waals surface area contributed by atoms with Crippen LogP contribution in [0.3, 0.4) is 0 Å². The largest absolute Gasteiger partial charge is 0.465 e. The van der Waals surface area contributed by atoms with Crippen LogP contribution < -0.4 is 0 Å². The summed E-state index contributed by atoms with van der Waals surface area (Å²) >= 11 is 5.70. The molecule has 0 spiro atoms. The summed E-state index contributed by atoms with van der Waals surface area (Å²) in [5, 5.41) is 0.287. The van der Waals surface area contributed by atoms with Crippen LogP contribution in [0.5, 0.6) is 0 Å². The Labute approximate surface area is 93.6 Å². The number of carbonyl (C=O) groups excluding carboxylic acids is 1. The van der Waals surface area contributed by atoms with Crippen molar-refractivity contribution >= 4 is 17.6 Å². The van der Waals surface area contributed by atoms with Gasteiger partial charge < -0.3 is 4.74 Å². The number of esters is 1. The summed E-state index contributed by atoms with van der Waals surface area (Å²) < 4.78 is 4.94. The molecule has 0 aromatic carbocycles. The lowest BCUT2D eigenvalue weighted by Gasteiger charge is -2.12. The Bertz CT molecular complexity index is 344. The SMILES string of the molecule is CCOC(=O)C(CC)c1cncc(Cl)n1. The van der Waals surface area contributed by atoms with E-state index in [-0.39, 0.29) is 17.0 Å². The minimum atomic E-state index is -0.379. The van der Waals surface area contributed by atoms with Crippen molar-refractivity contribution in [2.45, 2.75) is 26.2 Å². The van der Waals surface area contributed by atoms with E-state index in [0.29, 0.717) is 18.7 Å². The highest BCUT2D eigenvalue weighted by atomic mass is 35.5. The van der Waals surface area contributed by atoms with Gasteiger partial charge in [0.05, 0.1) is 18.5 Å². The van der Waals surface area contributed by atoms with Gasteiger partial charge in [0.25, 0.3) is 0 Å². The average Bonchev–Trinajstić information content (AvgIpc) is 2.19. The highest BCUT2D eigenvalue weighted by molar-refractivity contribution is 6.29. The molecule has 0 saturated heterocycles. The molecule has 0 aliphatic rings. The van der Waals surface area contributed by atoms with Gasteiger partial charge in [-0.3, -0.25) is 9.78 Å². The monoisotopic (exact) mass is 228 g/mol. The third-order valence-electron chi connectivity index (χ3n) is 1.96. The van der Waals surface area contributed by atoms with Crippen molar-refractivity contribution < 1.29 is 9.53 Å². The van der Waals surface area contributed by atoms with Crippen LogP contribution in [-0.2, 0) is 9.53 Å². The molecule has 0 bridgehead atoms. The van der Waals surface area contributed by atoms with Crippen LogP contribution in [0.25, 0.3) is 0 Å². The topological polar surface area (TPSA) is 52.1 Å². The number of rotatable bonds is 4. The molecule has 1 aromatic heterocycles. The predicted molar refractivity (Wildman–Crippen MR) is 56.7 cm³/mol. The quantitative estimate of drug-likeness (QED) is 0.742. The van der Waals surface area contributed by atoms with Crippen LogP contribution in [0.2, 0.25) is 5.15 Å². The van der Waals surface area contributed by atoms with Crippen molar-refractivity contribution in [2.24, 2.45) is 0 Å². The molecule has 0 saturated carbocycles. The zero-order valence-corrected chi connectivity index (χ0v) is 9.49. The second-order valence-corrected chi connectivity index (χ2v) is 3.37. The van der Waals surface area contributed by atoms with E-state index >= 15 is 0 Å². The van der Waals surface area contributed by atoms with Gasteiger partial charge in [-0.25, -0.2) is 4.98 Å². The molecule has 15 heavy (non-hydrogen) atoms. The maximum absolute atomic E-state index is 11.6. The number of aromatic nitrogens is 2. The summed E-state index contributed by atoms with van der Waals surface area (Å²) in [6.45, 7) is 4.03. The van der Waals surface area contributed by atoms with Gasteiger partial charge in [-0.05, 0) is 13.3 Å². The Morgan fingerprint density at radius 1 is 1.53 bits per heavy atom. The number of hydrogen-bond donors (Lipinski definition) is 0. The van der Waals surface area contributed by atoms with Gasteiger partial charge in [0, 0.05) is 6.20 Å². The van der Waals surface area contributed by atoms with Crippen LogP contribution in [0.4, 0.5) is 0 Å². The van der Waals surface area contributed by atoms with Gasteiger partial charge in [0.15, 0.2) is 0 Å². The van der Waals surface area contributed by atoms with E-state index in [2.05, 4.69) is 9.97 Å². The molecule has 1 aromatic rings. The molecular formula is C10H13ClN2O2. The van der Waals surface area contributed by atoms with Crippen molar-refractivity contribution in [3.8, 4) is 0 Å². The molecule has 1 unspecified atom stereocenters. The molecule has 1 rings (SSSR count). The third-order valence-corrected chi connectivity index (χ3v) is 2.14. The number of carbonyl (C=O) groups is 1. The summed E-state index contributed by atoms with van der Waals surface area (Å²) in [4.78, 5) is 19.5. The zero-order valence-electron chi connectivity index (χ0n) is 8.74. The predicted octanol–water partition coefficient (Wildman–Crippen LogP) is 2.19. The first-order valence-electron chi connectivity index (χ1n) is 4.83. The third kappa shape index (κ3) is 3.16. The lowest BCUT2D eigenvalue weighted by atomic mass is 10.0. The molecule has 0 amide bonds. The lowest BCUT2D eigenvalue weighted by Crippen LogP contribution is -2.16. The van der Waals surface area contributed by atoms with Crippen LogP contribution in [0.1, 0.15) is 31.9 Å². The van der Waals surface area contributed by atoms with E-state index in [4.69, 9.17) is 16.3 Å². The van der Waals surface area contributed by atoms with Crippen molar-refractivity contribution in [3.63, 3.8) is 0 Å². The highest BCUT2D eigenvalue weighted by Crippen LogP contribution is 2.19. The summed E-state index contributed by atoms with van der Waals surface area (Å²) in [7, 11) is 0. The van der Waals surface area contributed by atoms with Crippen molar-refractivity contribution in [1.82, 2.24) is 9.97 Å². The zero-order chi connectivity index (χ0) is 11.3. The van der Waals surface area contributed by atoms with E-state index in [0.717, 1.165) is 0 Å². The number of hydrogen-bond acceptors (Lipinski definition) is 4. The molecular weight excluding hydrogens is 216 g/mol. The second kappa shape index (κ2) is 5.66.